The van der Waals surface area contributed by atoms with Gasteiger partial charge >= 0.3 is 0 Å². The van der Waals surface area contributed by atoms with Gasteiger partial charge in [0.1, 0.15) is 6.10 Å². The van der Waals surface area contributed by atoms with Crippen molar-refractivity contribution in [2.45, 2.75) is 70.2 Å². The number of piperidine rings is 1. The Morgan fingerprint density at radius 2 is 1.33 bits per heavy atom. The molecular formula is C14H29NO3. The highest BCUT2D eigenvalue weighted by Gasteiger charge is 2.32. The molecule has 4 nitrogen and oxygen atoms in total. The van der Waals surface area contributed by atoms with Crippen molar-refractivity contribution in [2.75, 3.05) is 19.6 Å². The predicted molar refractivity (Wildman–Crippen MR) is 72.5 cm³/mol. The van der Waals surface area contributed by atoms with Crippen molar-refractivity contribution in [2.24, 2.45) is 0 Å². The van der Waals surface area contributed by atoms with E-state index in [-0.39, 0.29) is 0 Å². The summed E-state index contributed by atoms with van der Waals surface area (Å²) in [6.07, 6.45) is 6.29. The van der Waals surface area contributed by atoms with Crippen molar-refractivity contribution in [1.29, 1.82) is 0 Å². The summed E-state index contributed by atoms with van der Waals surface area (Å²) < 4.78 is 0. The van der Waals surface area contributed by atoms with Crippen molar-refractivity contribution >= 4 is 0 Å². The second-order valence-corrected chi connectivity index (χ2v) is 5.51. The Bertz CT molecular complexity index is 201. The molecule has 1 aliphatic rings. The van der Waals surface area contributed by atoms with Crippen LogP contribution in [0.2, 0.25) is 0 Å². The van der Waals surface area contributed by atoms with Crippen molar-refractivity contribution in [1.82, 2.24) is 4.90 Å². The van der Waals surface area contributed by atoms with Crippen LogP contribution in [0.15, 0.2) is 0 Å². The largest absolute Gasteiger partial charge is 0.389 e. The zero-order chi connectivity index (χ0) is 13.4. The maximum Gasteiger partial charge on any atom is 0.108 e. The first-order chi connectivity index (χ1) is 8.65. The minimum atomic E-state index is -0.977. The van der Waals surface area contributed by atoms with Crippen molar-refractivity contribution in [3.05, 3.63) is 0 Å². The zero-order valence-electron chi connectivity index (χ0n) is 11.6. The third kappa shape index (κ3) is 5.65. The van der Waals surface area contributed by atoms with Crippen molar-refractivity contribution in [3.8, 4) is 0 Å². The number of rotatable bonds is 8. The van der Waals surface area contributed by atoms with Gasteiger partial charge in [-0.1, -0.05) is 45.4 Å². The summed E-state index contributed by atoms with van der Waals surface area (Å²) in [4.78, 5) is 2.05. The average molecular weight is 259 g/mol. The summed E-state index contributed by atoms with van der Waals surface area (Å²) in [5.74, 6) is 0. The molecule has 0 radical (unpaired) electrons. The van der Waals surface area contributed by atoms with Gasteiger partial charge in [0.05, 0.1) is 12.2 Å². The van der Waals surface area contributed by atoms with E-state index < -0.39 is 18.3 Å². The Labute approximate surface area is 111 Å². The Morgan fingerprint density at radius 3 is 1.89 bits per heavy atom. The van der Waals surface area contributed by atoms with Gasteiger partial charge in [0.15, 0.2) is 0 Å². The summed E-state index contributed by atoms with van der Waals surface area (Å²) in [5.41, 5.74) is 0. The molecule has 1 fully saturated rings. The van der Waals surface area contributed by atoms with Crippen LogP contribution in [0.4, 0.5) is 0 Å². The molecule has 1 rings (SSSR count). The Kier molecular flexibility index (Phi) is 7.82. The quantitative estimate of drug-likeness (QED) is 0.572. The van der Waals surface area contributed by atoms with Crippen LogP contribution in [0.5, 0.6) is 0 Å². The molecule has 0 bridgehead atoms. The fourth-order valence-corrected chi connectivity index (χ4v) is 2.55. The molecule has 1 aliphatic heterocycles. The molecular weight excluding hydrogens is 230 g/mol. The van der Waals surface area contributed by atoms with E-state index in [0.717, 1.165) is 13.0 Å². The number of hydrogen-bond donors (Lipinski definition) is 3. The fraction of sp³-hybridized carbons (Fsp3) is 1.00. The molecule has 3 N–H and O–H groups in total. The van der Waals surface area contributed by atoms with Gasteiger partial charge in [0.2, 0.25) is 0 Å². The first-order valence-corrected chi connectivity index (χ1v) is 7.41. The lowest BCUT2D eigenvalue weighted by molar-refractivity contribution is -0.109. The summed E-state index contributed by atoms with van der Waals surface area (Å²) in [6, 6.07) is 0. The molecule has 0 aromatic rings. The molecule has 1 saturated heterocycles. The van der Waals surface area contributed by atoms with E-state index >= 15 is 0 Å². The molecule has 1 heterocycles. The van der Waals surface area contributed by atoms with Crippen LogP contribution < -0.4 is 0 Å². The standard InChI is InChI=1S/C14H29NO3/c1-2-3-4-5-6-7-8-9-15-10-12(16)14(18)13(17)11-15/h12-14,16-18H,2-11H2,1H3/t12-,13+,14+. The predicted octanol–water partition coefficient (Wildman–Crippen LogP) is 1.14. The zero-order valence-corrected chi connectivity index (χ0v) is 11.6. The van der Waals surface area contributed by atoms with Crippen LogP contribution in [-0.4, -0.2) is 58.2 Å². The summed E-state index contributed by atoms with van der Waals surface area (Å²) in [5, 5.41) is 28.6. The van der Waals surface area contributed by atoms with E-state index in [2.05, 4.69) is 6.92 Å². The molecule has 4 heteroatoms. The van der Waals surface area contributed by atoms with Gasteiger partial charge in [-0.05, 0) is 13.0 Å². The van der Waals surface area contributed by atoms with Crippen LogP contribution in [0.25, 0.3) is 0 Å². The van der Waals surface area contributed by atoms with Crippen LogP contribution in [-0.2, 0) is 0 Å². The van der Waals surface area contributed by atoms with Gasteiger partial charge in [-0.25, -0.2) is 0 Å². The minimum Gasteiger partial charge on any atom is -0.389 e. The summed E-state index contributed by atoms with van der Waals surface area (Å²) in [7, 11) is 0. The maximum absolute atomic E-state index is 9.57. The molecule has 18 heavy (non-hydrogen) atoms. The molecule has 0 aromatic carbocycles. The summed E-state index contributed by atoms with van der Waals surface area (Å²) >= 11 is 0. The SMILES string of the molecule is CCCCCCCCCN1C[C@@H](O)[C@H](O)[C@@H](O)C1. The number of hydrogen-bond acceptors (Lipinski definition) is 4. The first-order valence-electron chi connectivity index (χ1n) is 7.41. The lowest BCUT2D eigenvalue weighted by Crippen LogP contribution is -2.55. The number of nitrogens with zero attached hydrogens (tertiary/aromatic N) is 1. The maximum atomic E-state index is 9.57. The lowest BCUT2D eigenvalue weighted by atomic mass is 10.0. The highest BCUT2D eigenvalue weighted by Crippen LogP contribution is 2.13. The normalized spacial score (nSPS) is 29.7. The monoisotopic (exact) mass is 259 g/mol. The van der Waals surface area contributed by atoms with E-state index in [1.165, 1.54) is 38.5 Å². The smallest absolute Gasteiger partial charge is 0.108 e. The Morgan fingerprint density at radius 1 is 0.833 bits per heavy atom. The number of aliphatic hydroxyl groups excluding tert-OH is 3. The third-order valence-corrected chi connectivity index (χ3v) is 3.76. The number of unbranched alkanes of at least 4 members (excludes halogenated alkanes) is 6. The van der Waals surface area contributed by atoms with Gasteiger partial charge in [-0.3, -0.25) is 4.90 Å². The van der Waals surface area contributed by atoms with Crippen molar-refractivity contribution in [3.63, 3.8) is 0 Å². The van der Waals surface area contributed by atoms with E-state index in [1.807, 2.05) is 4.90 Å². The van der Waals surface area contributed by atoms with E-state index in [1.54, 1.807) is 0 Å². The van der Waals surface area contributed by atoms with Gasteiger partial charge in [-0.2, -0.15) is 0 Å². The highest BCUT2D eigenvalue weighted by atomic mass is 16.4. The molecule has 3 atom stereocenters. The Balaban J connectivity index is 2.02. The molecule has 0 amide bonds. The highest BCUT2D eigenvalue weighted by molar-refractivity contribution is 4.86. The first kappa shape index (κ1) is 15.9. The second-order valence-electron chi connectivity index (χ2n) is 5.51. The van der Waals surface area contributed by atoms with Gasteiger partial charge < -0.3 is 15.3 Å². The number of likely N-dealkylation sites (tertiary alicyclic amines) is 1. The van der Waals surface area contributed by atoms with Crippen LogP contribution >= 0.6 is 0 Å². The van der Waals surface area contributed by atoms with E-state index in [4.69, 9.17) is 0 Å². The third-order valence-electron chi connectivity index (χ3n) is 3.76. The Hall–Kier alpha value is -0.160. The molecule has 0 saturated carbocycles. The molecule has 0 aliphatic carbocycles. The molecule has 0 spiro atoms. The molecule has 108 valence electrons. The van der Waals surface area contributed by atoms with Crippen LogP contribution in [0, 0.1) is 0 Å². The van der Waals surface area contributed by atoms with Gasteiger partial charge in [0.25, 0.3) is 0 Å². The van der Waals surface area contributed by atoms with Crippen LogP contribution in [0.3, 0.4) is 0 Å². The number of β-amino-alcohol motifs (C(OH)–C–C–N with tert-alkyl or cyclic N) is 2. The second kappa shape index (κ2) is 8.86. The van der Waals surface area contributed by atoms with E-state index in [9.17, 15) is 15.3 Å². The summed E-state index contributed by atoms with van der Waals surface area (Å²) in [6.45, 7) is 4.10. The lowest BCUT2D eigenvalue weighted by Gasteiger charge is -2.36. The number of aliphatic hydroxyl groups is 3. The van der Waals surface area contributed by atoms with Crippen LogP contribution in [0.1, 0.15) is 51.9 Å². The minimum absolute atomic E-state index is 0.480. The molecule has 0 unspecified atom stereocenters. The van der Waals surface area contributed by atoms with Gasteiger partial charge in [0, 0.05) is 13.1 Å². The van der Waals surface area contributed by atoms with E-state index in [0.29, 0.717) is 13.1 Å². The topological polar surface area (TPSA) is 63.9 Å². The average Bonchev–Trinajstić information content (AvgIpc) is 2.34. The van der Waals surface area contributed by atoms with Gasteiger partial charge in [-0.15, -0.1) is 0 Å². The molecule has 0 aromatic heterocycles. The fourth-order valence-electron chi connectivity index (χ4n) is 2.55. The van der Waals surface area contributed by atoms with Crippen molar-refractivity contribution < 1.29 is 15.3 Å².